The Bertz CT molecular complexity index is 525. The van der Waals surface area contributed by atoms with Crippen molar-refractivity contribution >= 4 is 11.3 Å². The van der Waals surface area contributed by atoms with Crippen molar-refractivity contribution in [3.63, 3.8) is 0 Å². The number of aliphatic hydroxyl groups excluding tert-OH is 1. The average molecular weight is 304 g/mol. The number of aliphatic hydroxyl groups is 1. The zero-order valence-electron chi connectivity index (χ0n) is 12.9. The van der Waals surface area contributed by atoms with Crippen molar-refractivity contribution in [2.24, 2.45) is 5.41 Å². The van der Waals surface area contributed by atoms with Crippen LogP contribution in [-0.4, -0.2) is 23.2 Å². The van der Waals surface area contributed by atoms with Crippen LogP contribution in [0.5, 0.6) is 0 Å². The van der Waals surface area contributed by atoms with Gasteiger partial charge < -0.3 is 10.4 Å². The number of thiazole rings is 1. The molecule has 2 N–H and O–H groups in total. The maximum Gasteiger partial charge on any atom is 0.109 e. The molecule has 2 unspecified atom stereocenters. The number of benzene rings is 1. The fourth-order valence-corrected chi connectivity index (χ4v) is 3.14. The van der Waals surface area contributed by atoms with Gasteiger partial charge in [-0.3, -0.25) is 0 Å². The van der Waals surface area contributed by atoms with E-state index in [9.17, 15) is 5.11 Å². The summed E-state index contributed by atoms with van der Waals surface area (Å²) in [5.41, 5.74) is 1.09. The highest BCUT2D eigenvalue weighted by Gasteiger charge is 2.30. The van der Waals surface area contributed by atoms with Crippen molar-refractivity contribution in [2.45, 2.75) is 32.7 Å². The van der Waals surface area contributed by atoms with Gasteiger partial charge >= 0.3 is 0 Å². The van der Waals surface area contributed by atoms with E-state index < -0.39 is 0 Å². The van der Waals surface area contributed by atoms with Crippen molar-refractivity contribution in [3.05, 3.63) is 52.5 Å². The smallest absolute Gasteiger partial charge is 0.109 e. The molecule has 3 nitrogen and oxygen atoms in total. The van der Waals surface area contributed by atoms with Crippen LogP contribution in [0.2, 0.25) is 0 Å². The Morgan fingerprint density at radius 1 is 1.29 bits per heavy atom. The van der Waals surface area contributed by atoms with E-state index in [-0.39, 0.29) is 24.0 Å². The summed E-state index contributed by atoms with van der Waals surface area (Å²) in [7, 11) is 0. The van der Waals surface area contributed by atoms with Crippen LogP contribution in [0.3, 0.4) is 0 Å². The van der Waals surface area contributed by atoms with Crippen molar-refractivity contribution < 1.29 is 5.11 Å². The maximum atomic E-state index is 9.74. The lowest BCUT2D eigenvalue weighted by Crippen LogP contribution is -2.35. The minimum Gasteiger partial charge on any atom is -0.396 e. The van der Waals surface area contributed by atoms with Crippen LogP contribution in [0.25, 0.3) is 0 Å². The highest BCUT2D eigenvalue weighted by molar-refractivity contribution is 7.09. The lowest BCUT2D eigenvalue weighted by molar-refractivity contribution is 0.128. The molecular weight excluding hydrogens is 280 g/mol. The van der Waals surface area contributed by atoms with Crippen LogP contribution in [0.4, 0.5) is 0 Å². The molecule has 0 saturated heterocycles. The molecule has 0 spiro atoms. The second kappa shape index (κ2) is 7.16. The third-order valence-corrected chi connectivity index (χ3v) is 4.96. The van der Waals surface area contributed by atoms with Crippen LogP contribution in [-0.2, 0) is 0 Å². The third kappa shape index (κ3) is 4.13. The summed E-state index contributed by atoms with van der Waals surface area (Å²) in [6.45, 7) is 7.34. The topological polar surface area (TPSA) is 45.1 Å². The zero-order chi connectivity index (χ0) is 15.3. The molecule has 0 aliphatic rings. The predicted molar refractivity (Wildman–Crippen MR) is 88.6 cm³/mol. The monoisotopic (exact) mass is 304 g/mol. The fraction of sp³-hybridized carbons (Fsp3) is 0.471. The van der Waals surface area contributed by atoms with E-state index >= 15 is 0 Å². The minimum absolute atomic E-state index is 0.167. The fourth-order valence-electron chi connectivity index (χ4n) is 2.47. The standard InChI is InChI=1S/C17H24N2OS/c1-13(16-18-9-10-21-16)19-11-15(17(2,3)12-20)14-7-5-4-6-8-14/h4-10,13,15,19-20H,11-12H2,1-3H3. The van der Waals surface area contributed by atoms with Crippen LogP contribution in [0.15, 0.2) is 41.9 Å². The van der Waals surface area contributed by atoms with Gasteiger partial charge in [-0.15, -0.1) is 11.3 Å². The van der Waals surface area contributed by atoms with Crippen LogP contribution in [0.1, 0.15) is 43.3 Å². The van der Waals surface area contributed by atoms with Gasteiger partial charge in [0.15, 0.2) is 0 Å². The normalized spacial score (nSPS) is 14.9. The van der Waals surface area contributed by atoms with Gasteiger partial charge in [-0.2, -0.15) is 0 Å². The summed E-state index contributed by atoms with van der Waals surface area (Å²) in [4.78, 5) is 4.36. The molecule has 2 rings (SSSR count). The summed E-state index contributed by atoms with van der Waals surface area (Å²) in [6, 6.07) is 10.6. The summed E-state index contributed by atoms with van der Waals surface area (Å²) in [6.07, 6.45) is 1.84. The molecule has 0 bridgehead atoms. The molecule has 0 aliphatic carbocycles. The Morgan fingerprint density at radius 3 is 2.57 bits per heavy atom. The Morgan fingerprint density at radius 2 is 2.00 bits per heavy atom. The molecule has 0 fully saturated rings. The van der Waals surface area contributed by atoms with Crippen molar-refractivity contribution in [3.8, 4) is 0 Å². The Labute approximate surface area is 131 Å². The van der Waals surface area contributed by atoms with Gasteiger partial charge in [0, 0.05) is 30.6 Å². The highest BCUT2D eigenvalue weighted by atomic mass is 32.1. The van der Waals surface area contributed by atoms with E-state index in [2.05, 4.69) is 55.3 Å². The number of nitrogens with one attached hydrogen (secondary N) is 1. The van der Waals surface area contributed by atoms with Crippen molar-refractivity contribution in [1.29, 1.82) is 0 Å². The van der Waals surface area contributed by atoms with Gasteiger partial charge in [-0.25, -0.2) is 4.98 Å². The van der Waals surface area contributed by atoms with Gasteiger partial charge in [0.05, 0.1) is 6.04 Å². The van der Waals surface area contributed by atoms with Gasteiger partial charge in [-0.1, -0.05) is 44.2 Å². The summed E-state index contributed by atoms with van der Waals surface area (Å²) >= 11 is 1.67. The summed E-state index contributed by atoms with van der Waals surface area (Å²) in [5, 5.41) is 16.4. The Balaban J connectivity index is 2.10. The first-order valence-corrected chi connectivity index (χ1v) is 8.21. The minimum atomic E-state index is -0.170. The Kier molecular flexibility index (Phi) is 5.51. The zero-order valence-corrected chi connectivity index (χ0v) is 13.7. The van der Waals surface area contributed by atoms with Crippen LogP contribution >= 0.6 is 11.3 Å². The molecule has 4 heteroatoms. The van der Waals surface area contributed by atoms with Gasteiger partial charge in [-0.05, 0) is 17.9 Å². The molecule has 0 saturated carbocycles. The van der Waals surface area contributed by atoms with Crippen LogP contribution < -0.4 is 5.32 Å². The molecule has 0 amide bonds. The van der Waals surface area contributed by atoms with E-state index in [0.717, 1.165) is 11.6 Å². The third-order valence-electron chi connectivity index (χ3n) is 4.00. The molecule has 2 atom stereocenters. The first-order chi connectivity index (χ1) is 10.0. The Hall–Kier alpha value is -1.23. The molecule has 0 aliphatic heterocycles. The second-order valence-corrected chi connectivity index (χ2v) is 7.04. The molecule has 21 heavy (non-hydrogen) atoms. The molecule has 2 aromatic rings. The van der Waals surface area contributed by atoms with Crippen molar-refractivity contribution in [1.82, 2.24) is 10.3 Å². The molecule has 0 radical (unpaired) electrons. The summed E-state index contributed by atoms with van der Waals surface area (Å²) < 4.78 is 0. The van der Waals surface area contributed by atoms with Gasteiger partial charge in [0.2, 0.25) is 0 Å². The van der Waals surface area contributed by atoms with E-state index in [1.807, 2.05) is 17.6 Å². The summed E-state index contributed by atoms with van der Waals surface area (Å²) in [5.74, 6) is 0.256. The number of nitrogens with zero attached hydrogens (tertiary/aromatic N) is 1. The van der Waals surface area contributed by atoms with Gasteiger partial charge in [0.25, 0.3) is 0 Å². The number of hydrogen-bond donors (Lipinski definition) is 2. The number of hydrogen-bond acceptors (Lipinski definition) is 4. The number of aromatic nitrogens is 1. The lowest BCUT2D eigenvalue weighted by atomic mass is 9.75. The molecule has 1 aromatic heterocycles. The van der Waals surface area contributed by atoms with Crippen LogP contribution in [0, 0.1) is 5.41 Å². The first kappa shape index (κ1) is 16.1. The SMILES string of the molecule is CC(NCC(c1ccccc1)C(C)(C)CO)c1nccs1. The van der Waals surface area contributed by atoms with Crippen molar-refractivity contribution in [2.75, 3.05) is 13.2 Å². The van der Waals surface area contributed by atoms with E-state index in [4.69, 9.17) is 0 Å². The van der Waals surface area contributed by atoms with E-state index in [1.54, 1.807) is 11.3 Å². The van der Waals surface area contributed by atoms with E-state index in [1.165, 1.54) is 5.56 Å². The average Bonchev–Trinajstić information content (AvgIpc) is 3.02. The maximum absolute atomic E-state index is 9.74. The lowest BCUT2D eigenvalue weighted by Gasteiger charge is -2.34. The first-order valence-electron chi connectivity index (χ1n) is 7.33. The number of rotatable bonds is 7. The largest absolute Gasteiger partial charge is 0.396 e. The predicted octanol–water partition coefficient (Wildman–Crippen LogP) is 3.60. The quantitative estimate of drug-likeness (QED) is 0.821. The molecular formula is C17H24N2OS. The molecule has 1 heterocycles. The highest BCUT2D eigenvalue weighted by Crippen LogP contribution is 2.35. The second-order valence-electron chi connectivity index (χ2n) is 6.11. The van der Waals surface area contributed by atoms with E-state index in [0.29, 0.717) is 0 Å². The molecule has 114 valence electrons. The molecule has 1 aromatic carbocycles. The van der Waals surface area contributed by atoms with Gasteiger partial charge in [0.1, 0.15) is 5.01 Å².